The van der Waals surface area contributed by atoms with E-state index in [0.29, 0.717) is 5.56 Å². The van der Waals surface area contributed by atoms with Crippen LogP contribution in [-0.2, 0) is 4.79 Å². The van der Waals surface area contributed by atoms with E-state index in [1.54, 1.807) is 30.5 Å². The van der Waals surface area contributed by atoms with Crippen LogP contribution >= 0.6 is 11.3 Å². The molecule has 1 aromatic carbocycles. The normalized spacial score (nSPS) is 10.4. The summed E-state index contributed by atoms with van der Waals surface area (Å²) in [5, 5.41) is 8.24. The summed E-state index contributed by atoms with van der Waals surface area (Å²) in [4.78, 5) is 24.1. The van der Waals surface area contributed by atoms with Crippen LogP contribution in [0.5, 0.6) is 0 Å². The topological polar surface area (TPSA) is 70.6 Å². The zero-order valence-corrected chi connectivity index (χ0v) is 11.4. The Morgan fingerprint density at radius 3 is 2.65 bits per heavy atom. The summed E-state index contributed by atoms with van der Waals surface area (Å²) < 4.78 is 0. The van der Waals surface area contributed by atoms with E-state index in [4.69, 9.17) is 0 Å². The molecule has 2 aromatic rings. The number of thiophene rings is 1. The monoisotopic (exact) mass is 287 g/mol. The molecule has 1 aromatic heterocycles. The van der Waals surface area contributed by atoms with Gasteiger partial charge in [0.1, 0.15) is 0 Å². The number of nitrogens with one attached hydrogen (secondary N) is 2. The van der Waals surface area contributed by atoms with Gasteiger partial charge in [-0.3, -0.25) is 9.59 Å². The molecule has 0 saturated carbocycles. The molecule has 0 unspecified atom stereocenters. The van der Waals surface area contributed by atoms with Crippen LogP contribution < -0.4 is 10.7 Å². The Labute approximate surface area is 120 Å². The highest BCUT2D eigenvalue weighted by atomic mass is 32.1. The van der Waals surface area contributed by atoms with Crippen molar-refractivity contribution in [1.29, 1.82) is 0 Å². The lowest BCUT2D eigenvalue weighted by Gasteiger charge is -2.03. The highest BCUT2D eigenvalue weighted by molar-refractivity contribution is 7.11. The van der Waals surface area contributed by atoms with Gasteiger partial charge < -0.3 is 5.32 Å². The largest absolute Gasteiger partial charge is 0.343 e. The van der Waals surface area contributed by atoms with Crippen LogP contribution in [-0.4, -0.2) is 24.6 Å². The molecule has 0 aliphatic rings. The van der Waals surface area contributed by atoms with Crippen LogP contribution in [0.25, 0.3) is 0 Å². The smallest absolute Gasteiger partial charge is 0.259 e. The number of benzene rings is 1. The van der Waals surface area contributed by atoms with Crippen molar-refractivity contribution >= 4 is 29.4 Å². The predicted molar refractivity (Wildman–Crippen MR) is 78.8 cm³/mol. The molecule has 0 atom stereocenters. The van der Waals surface area contributed by atoms with E-state index in [0.717, 1.165) is 4.88 Å². The Bertz CT molecular complexity index is 594. The Morgan fingerprint density at radius 1 is 1.15 bits per heavy atom. The minimum Gasteiger partial charge on any atom is -0.343 e. The number of hydrogen-bond donors (Lipinski definition) is 2. The van der Waals surface area contributed by atoms with Gasteiger partial charge in [-0.05, 0) is 23.6 Å². The summed E-state index contributed by atoms with van der Waals surface area (Å²) in [6, 6.07) is 12.5. The zero-order chi connectivity index (χ0) is 14.2. The molecular formula is C14H13N3O2S. The lowest BCUT2D eigenvalue weighted by atomic mass is 10.2. The van der Waals surface area contributed by atoms with E-state index < -0.39 is 0 Å². The van der Waals surface area contributed by atoms with Gasteiger partial charge in [0.25, 0.3) is 11.8 Å². The van der Waals surface area contributed by atoms with Crippen molar-refractivity contribution in [2.75, 3.05) is 6.54 Å². The van der Waals surface area contributed by atoms with Crippen molar-refractivity contribution in [3.05, 3.63) is 58.3 Å². The fourth-order valence-corrected chi connectivity index (χ4v) is 2.01. The predicted octanol–water partition coefficient (Wildman–Crippen LogP) is 1.63. The van der Waals surface area contributed by atoms with Gasteiger partial charge >= 0.3 is 0 Å². The Morgan fingerprint density at radius 2 is 1.95 bits per heavy atom. The lowest BCUT2D eigenvalue weighted by molar-refractivity contribution is -0.120. The van der Waals surface area contributed by atoms with Gasteiger partial charge in [-0.25, -0.2) is 5.43 Å². The van der Waals surface area contributed by atoms with Crippen molar-refractivity contribution in [3.8, 4) is 0 Å². The Balaban J connectivity index is 1.74. The maximum absolute atomic E-state index is 11.7. The van der Waals surface area contributed by atoms with Gasteiger partial charge in [0.15, 0.2) is 0 Å². The molecule has 0 aliphatic carbocycles. The first-order valence-corrected chi connectivity index (χ1v) is 6.82. The third-order valence-corrected chi connectivity index (χ3v) is 3.18. The molecule has 0 fully saturated rings. The van der Waals surface area contributed by atoms with Gasteiger partial charge in [-0.1, -0.05) is 24.3 Å². The second-order valence-electron chi connectivity index (χ2n) is 3.86. The van der Waals surface area contributed by atoms with E-state index >= 15 is 0 Å². The first kappa shape index (κ1) is 14.0. The average Bonchev–Trinajstić information content (AvgIpc) is 2.99. The highest BCUT2D eigenvalue weighted by Crippen LogP contribution is 2.03. The highest BCUT2D eigenvalue weighted by Gasteiger charge is 2.06. The summed E-state index contributed by atoms with van der Waals surface area (Å²) in [6.45, 7) is -0.116. The summed E-state index contributed by atoms with van der Waals surface area (Å²) in [5.74, 6) is -0.662. The van der Waals surface area contributed by atoms with Crippen molar-refractivity contribution in [3.63, 3.8) is 0 Å². The number of carbonyl (C=O) groups excluding carboxylic acids is 2. The van der Waals surface area contributed by atoms with Crippen LogP contribution in [0.1, 0.15) is 15.2 Å². The van der Waals surface area contributed by atoms with Gasteiger partial charge in [-0.15, -0.1) is 11.3 Å². The number of carbonyl (C=O) groups is 2. The maximum atomic E-state index is 11.7. The molecule has 0 spiro atoms. The molecule has 102 valence electrons. The molecule has 20 heavy (non-hydrogen) atoms. The first-order valence-electron chi connectivity index (χ1n) is 5.94. The van der Waals surface area contributed by atoms with Gasteiger partial charge in [0.2, 0.25) is 0 Å². The molecule has 1 heterocycles. The molecule has 0 saturated heterocycles. The molecule has 0 bridgehead atoms. The van der Waals surface area contributed by atoms with Gasteiger partial charge in [0.05, 0.1) is 12.8 Å². The van der Waals surface area contributed by atoms with Crippen molar-refractivity contribution < 1.29 is 9.59 Å². The zero-order valence-electron chi connectivity index (χ0n) is 10.6. The standard InChI is InChI=1S/C14H13N3O2S/c18-13(17-16-9-12-7-4-8-20-12)10-15-14(19)11-5-2-1-3-6-11/h1-9H,10H2,(H,15,19)(H,17,18). The Kier molecular flexibility index (Phi) is 5.02. The van der Waals surface area contributed by atoms with E-state index in [1.165, 1.54) is 11.3 Å². The first-order chi connectivity index (χ1) is 9.75. The van der Waals surface area contributed by atoms with Crippen LogP contribution in [0.15, 0.2) is 52.9 Å². The molecule has 2 rings (SSSR count). The minimum atomic E-state index is -0.373. The molecular weight excluding hydrogens is 274 g/mol. The maximum Gasteiger partial charge on any atom is 0.259 e. The van der Waals surface area contributed by atoms with E-state index in [2.05, 4.69) is 15.8 Å². The van der Waals surface area contributed by atoms with Crippen molar-refractivity contribution in [2.24, 2.45) is 5.10 Å². The summed E-state index contributed by atoms with van der Waals surface area (Å²) in [6.07, 6.45) is 1.56. The Hall–Kier alpha value is -2.47. The van der Waals surface area contributed by atoms with Gasteiger partial charge in [-0.2, -0.15) is 5.10 Å². The van der Waals surface area contributed by atoms with Crippen LogP contribution in [0.4, 0.5) is 0 Å². The third-order valence-electron chi connectivity index (χ3n) is 2.37. The quantitative estimate of drug-likeness (QED) is 0.648. The number of hydrazone groups is 1. The summed E-state index contributed by atoms with van der Waals surface area (Å²) in [5.41, 5.74) is 2.87. The van der Waals surface area contributed by atoms with Gasteiger partial charge in [0, 0.05) is 10.4 Å². The number of hydrogen-bond acceptors (Lipinski definition) is 4. The fourth-order valence-electron chi connectivity index (χ4n) is 1.42. The number of nitrogens with zero attached hydrogens (tertiary/aromatic N) is 1. The van der Waals surface area contributed by atoms with E-state index in [-0.39, 0.29) is 18.4 Å². The van der Waals surface area contributed by atoms with Crippen LogP contribution in [0.3, 0.4) is 0 Å². The minimum absolute atomic E-state index is 0.116. The van der Waals surface area contributed by atoms with Crippen molar-refractivity contribution in [2.45, 2.75) is 0 Å². The average molecular weight is 287 g/mol. The molecule has 2 N–H and O–H groups in total. The van der Waals surface area contributed by atoms with E-state index in [9.17, 15) is 9.59 Å². The van der Waals surface area contributed by atoms with Crippen LogP contribution in [0, 0.1) is 0 Å². The van der Waals surface area contributed by atoms with Crippen molar-refractivity contribution in [1.82, 2.24) is 10.7 Å². The second-order valence-corrected chi connectivity index (χ2v) is 4.84. The van der Waals surface area contributed by atoms with Crippen LogP contribution in [0.2, 0.25) is 0 Å². The second kappa shape index (κ2) is 7.20. The van der Waals surface area contributed by atoms with E-state index in [1.807, 2.05) is 23.6 Å². The molecule has 2 amide bonds. The third kappa shape index (κ3) is 4.33. The number of amides is 2. The molecule has 0 aliphatic heterocycles. The summed E-state index contributed by atoms with van der Waals surface area (Å²) >= 11 is 1.52. The molecule has 5 nitrogen and oxygen atoms in total. The molecule has 6 heteroatoms. The lowest BCUT2D eigenvalue weighted by Crippen LogP contribution is -2.34. The number of rotatable bonds is 5. The fraction of sp³-hybridized carbons (Fsp3) is 0.0714. The summed E-state index contributed by atoms with van der Waals surface area (Å²) in [7, 11) is 0. The SMILES string of the molecule is O=C(CNC(=O)c1ccccc1)NN=Cc1cccs1. The molecule has 0 radical (unpaired) electrons.